The number of rotatable bonds is 13. The van der Waals surface area contributed by atoms with Gasteiger partial charge < -0.3 is 0 Å². The van der Waals surface area contributed by atoms with Gasteiger partial charge >= 0.3 is 18.8 Å². The summed E-state index contributed by atoms with van der Waals surface area (Å²) in [6.45, 7) is 15.7. The Labute approximate surface area is 221 Å². The van der Waals surface area contributed by atoms with Gasteiger partial charge in [-0.05, 0) is 63.8 Å². The summed E-state index contributed by atoms with van der Waals surface area (Å²) in [5, 5.41) is 0. The molecule has 4 heteroatoms. The first kappa shape index (κ1) is 31.9. The second-order valence-corrected chi connectivity index (χ2v) is 11.7. The maximum absolute atomic E-state index is 12.7. The van der Waals surface area contributed by atoms with Crippen LogP contribution in [-0.4, -0.2) is 11.0 Å². The molecule has 0 heterocycles. The molecule has 36 heavy (non-hydrogen) atoms. The van der Waals surface area contributed by atoms with E-state index in [-0.39, 0.29) is 0 Å². The zero-order valence-corrected chi connectivity index (χ0v) is 24.9. The average molecular weight is 512 g/mol. The molecule has 0 unspecified atom stereocenters. The molecule has 0 amide bonds. The van der Waals surface area contributed by atoms with Crippen LogP contribution in [0, 0.1) is 41.5 Å². The highest BCUT2D eigenvalue weighted by molar-refractivity contribution is 7.80. The molecular formula is C32H48O3P+. The number of carbonyl (C=O) groups excluding carboxylic acids is 2. The molecule has 0 fully saturated rings. The molecule has 0 N–H and O–H groups in total. The molecule has 0 aliphatic carbocycles. The maximum atomic E-state index is 12.7. The summed E-state index contributed by atoms with van der Waals surface area (Å²) in [7, 11) is -2.67. The lowest BCUT2D eigenvalue weighted by Crippen LogP contribution is -2.08. The summed E-state index contributed by atoms with van der Waals surface area (Å²) in [5.41, 5.74) is 4.74. The molecule has 2 rings (SSSR count). The Morgan fingerprint density at radius 1 is 0.528 bits per heavy atom. The first-order valence-electron chi connectivity index (χ1n) is 13.8. The van der Waals surface area contributed by atoms with Gasteiger partial charge in [0.1, 0.15) is 0 Å². The van der Waals surface area contributed by atoms with E-state index in [4.69, 9.17) is 0 Å². The maximum Gasteiger partial charge on any atom is 0.501 e. The summed E-state index contributed by atoms with van der Waals surface area (Å²) < 4.78 is 12.7. The molecule has 2 aromatic carbocycles. The lowest BCUT2D eigenvalue weighted by Gasteiger charge is -2.07. The van der Waals surface area contributed by atoms with E-state index in [1.165, 1.54) is 64.2 Å². The quantitative estimate of drug-likeness (QED) is 0.198. The molecular weight excluding hydrogens is 463 g/mol. The van der Waals surface area contributed by atoms with Crippen molar-refractivity contribution >= 4 is 18.8 Å². The Balaban J connectivity index is 0.000000457. The number of aryl methyl sites for hydroxylation is 6. The van der Waals surface area contributed by atoms with Gasteiger partial charge in [-0.15, -0.1) is 0 Å². The van der Waals surface area contributed by atoms with Crippen molar-refractivity contribution in [1.29, 1.82) is 0 Å². The predicted molar refractivity (Wildman–Crippen MR) is 155 cm³/mol. The normalized spacial score (nSPS) is 10.6. The number of hydrogen-bond acceptors (Lipinski definition) is 3. The minimum Gasteiger partial charge on any atom is -0.234 e. The molecule has 0 saturated carbocycles. The number of unbranched alkanes of at least 4 members (excludes halogenated alkanes) is 9. The molecule has 0 aromatic heterocycles. The van der Waals surface area contributed by atoms with Crippen molar-refractivity contribution < 1.29 is 14.2 Å². The smallest absolute Gasteiger partial charge is 0.234 e. The topological polar surface area (TPSA) is 51.2 Å². The third-order valence-corrected chi connectivity index (χ3v) is 7.79. The molecule has 0 atom stereocenters. The Morgan fingerprint density at radius 3 is 1.03 bits per heavy atom. The molecule has 0 bridgehead atoms. The van der Waals surface area contributed by atoms with Crippen molar-refractivity contribution in [3.05, 3.63) is 68.8 Å². The van der Waals surface area contributed by atoms with Crippen LogP contribution in [0.25, 0.3) is 0 Å². The average Bonchev–Trinajstić information content (AvgIpc) is 2.79. The van der Waals surface area contributed by atoms with Crippen LogP contribution in [-0.2, 0) is 4.57 Å². The third-order valence-electron chi connectivity index (χ3n) is 6.61. The van der Waals surface area contributed by atoms with Gasteiger partial charge in [-0.1, -0.05) is 118 Å². The van der Waals surface area contributed by atoms with E-state index in [9.17, 15) is 14.2 Å². The second kappa shape index (κ2) is 16.6. The van der Waals surface area contributed by atoms with Gasteiger partial charge in [0.2, 0.25) is 0 Å². The minimum atomic E-state index is -2.67. The van der Waals surface area contributed by atoms with Crippen LogP contribution in [0.15, 0.2) is 24.3 Å². The first-order valence-corrected chi connectivity index (χ1v) is 15.0. The summed E-state index contributed by atoms with van der Waals surface area (Å²) >= 11 is 0. The Bertz CT molecular complexity index is 908. The fourth-order valence-electron chi connectivity index (χ4n) is 4.89. The van der Waals surface area contributed by atoms with E-state index in [0.717, 1.165) is 33.4 Å². The van der Waals surface area contributed by atoms with Crippen LogP contribution in [0.4, 0.5) is 0 Å². The lowest BCUT2D eigenvalue weighted by atomic mass is 10.0. The lowest BCUT2D eigenvalue weighted by molar-refractivity contribution is 0.104. The highest BCUT2D eigenvalue weighted by Gasteiger charge is 2.42. The first-order chi connectivity index (χ1) is 17.0. The van der Waals surface area contributed by atoms with E-state index < -0.39 is 18.8 Å². The highest BCUT2D eigenvalue weighted by Crippen LogP contribution is 2.36. The van der Waals surface area contributed by atoms with Crippen molar-refractivity contribution in [1.82, 2.24) is 0 Å². The van der Waals surface area contributed by atoms with Crippen LogP contribution >= 0.6 is 7.80 Å². The molecule has 0 spiro atoms. The Hall–Kier alpha value is -2.12. The summed E-state index contributed by atoms with van der Waals surface area (Å²) in [6, 6.07) is 7.49. The fraction of sp³-hybridized carbons (Fsp3) is 0.562. The second-order valence-electron chi connectivity index (χ2n) is 10.3. The zero-order chi connectivity index (χ0) is 27.3. The van der Waals surface area contributed by atoms with Gasteiger partial charge in [0.05, 0.1) is 11.1 Å². The molecule has 0 aliphatic heterocycles. The van der Waals surface area contributed by atoms with Crippen LogP contribution in [0.3, 0.4) is 0 Å². The minimum absolute atomic E-state index is 0.400. The zero-order valence-electron chi connectivity index (χ0n) is 24.1. The van der Waals surface area contributed by atoms with E-state index >= 15 is 0 Å². The summed E-state index contributed by atoms with van der Waals surface area (Å²) in [4.78, 5) is 25.4. The molecule has 198 valence electrons. The van der Waals surface area contributed by atoms with Crippen molar-refractivity contribution in [3.8, 4) is 0 Å². The molecule has 2 aromatic rings. The van der Waals surface area contributed by atoms with Crippen molar-refractivity contribution in [2.75, 3.05) is 0 Å². The van der Waals surface area contributed by atoms with Crippen LogP contribution in [0.1, 0.15) is 132 Å². The number of carbonyl (C=O) groups is 2. The number of hydrogen-bond donors (Lipinski definition) is 0. The van der Waals surface area contributed by atoms with E-state index in [1.807, 2.05) is 65.8 Å². The SMILES string of the molecule is CCCCCCCCCCCC.Cc1cc(C)c(C(=O)[P+](=O)C(=O)c2c(C)cc(C)cc2C)c(C)c1. The van der Waals surface area contributed by atoms with E-state index in [2.05, 4.69) is 13.8 Å². The van der Waals surface area contributed by atoms with E-state index in [0.29, 0.717) is 11.1 Å². The standard InChI is InChI=1S/C20H22O3P.C12H26/c1-11-7-13(3)17(14(4)8-11)19(21)24(23)20(22)18-15(5)9-12(2)10-16(18)6;1-3-5-7-9-11-12-10-8-6-4-2/h7-10H,1-6H3;3-12H2,1-2H3/q+1;. The Kier molecular flexibility index (Phi) is 14.7. The number of benzene rings is 2. The molecule has 0 aliphatic rings. The van der Waals surface area contributed by atoms with Gasteiger partial charge in [-0.25, -0.2) is 9.59 Å². The Morgan fingerprint density at radius 2 is 0.778 bits per heavy atom. The van der Waals surface area contributed by atoms with Crippen LogP contribution in [0.2, 0.25) is 0 Å². The van der Waals surface area contributed by atoms with Gasteiger partial charge in [-0.3, -0.25) is 0 Å². The molecule has 3 nitrogen and oxygen atoms in total. The van der Waals surface area contributed by atoms with Crippen molar-refractivity contribution in [2.24, 2.45) is 0 Å². The van der Waals surface area contributed by atoms with Gasteiger partial charge in [-0.2, -0.15) is 0 Å². The van der Waals surface area contributed by atoms with E-state index in [1.54, 1.807) is 0 Å². The van der Waals surface area contributed by atoms with Crippen molar-refractivity contribution in [3.63, 3.8) is 0 Å². The van der Waals surface area contributed by atoms with Gasteiger partial charge in [0, 0.05) is 0 Å². The van der Waals surface area contributed by atoms with Crippen LogP contribution in [0.5, 0.6) is 0 Å². The summed E-state index contributed by atoms with van der Waals surface area (Å²) in [6.07, 6.45) is 14.4. The predicted octanol–water partition coefficient (Wildman–Crippen LogP) is 10.3. The highest BCUT2D eigenvalue weighted by atomic mass is 31.1. The van der Waals surface area contributed by atoms with Gasteiger partial charge in [0.25, 0.3) is 0 Å². The summed E-state index contributed by atoms with van der Waals surface area (Å²) in [5.74, 6) is 0. The molecule has 0 saturated heterocycles. The van der Waals surface area contributed by atoms with Crippen LogP contribution < -0.4 is 0 Å². The largest absolute Gasteiger partial charge is 0.501 e. The molecule has 0 radical (unpaired) electrons. The van der Waals surface area contributed by atoms with Gasteiger partial charge in [0.15, 0.2) is 0 Å². The monoisotopic (exact) mass is 511 g/mol. The fourth-order valence-corrected chi connectivity index (χ4v) is 6.19. The third kappa shape index (κ3) is 10.1. The van der Waals surface area contributed by atoms with Crippen molar-refractivity contribution in [2.45, 2.75) is 120 Å².